The fourth-order valence-electron chi connectivity index (χ4n) is 2.45. The molecule has 0 saturated heterocycles. The highest BCUT2D eigenvalue weighted by molar-refractivity contribution is 7.99. The molecule has 0 aliphatic rings. The molecule has 0 unspecified atom stereocenters. The lowest BCUT2D eigenvalue weighted by molar-refractivity contribution is -0.119. The van der Waals surface area contributed by atoms with Gasteiger partial charge in [0.15, 0.2) is 5.82 Å². The molecule has 1 heterocycles. The second-order valence-corrected chi connectivity index (χ2v) is 7.19. The normalized spacial score (nSPS) is 12.0. The highest BCUT2D eigenvalue weighted by Crippen LogP contribution is 2.22. The molecule has 0 aliphatic heterocycles. The molecule has 3 N–H and O–H groups in total. The van der Waals surface area contributed by atoms with E-state index in [1.807, 2.05) is 19.1 Å². The summed E-state index contributed by atoms with van der Waals surface area (Å²) in [4.78, 5) is 12.2. The first-order valence-electron chi connectivity index (χ1n) is 8.08. The Balaban J connectivity index is 1.60. The van der Waals surface area contributed by atoms with Crippen molar-refractivity contribution in [1.29, 1.82) is 0 Å². The van der Waals surface area contributed by atoms with Gasteiger partial charge in [-0.05, 0) is 36.8 Å². The Kier molecular flexibility index (Phi) is 5.98. The highest BCUT2D eigenvalue weighted by atomic mass is 35.5. The number of nitrogen functional groups attached to an aromatic ring is 1. The van der Waals surface area contributed by atoms with Gasteiger partial charge in [-0.3, -0.25) is 4.79 Å². The summed E-state index contributed by atoms with van der Waals surface area (Å²) in [5.41, 5.74) is 1.46. The van der Waals surface area contributed by atoms with E-state index in [1.165, 1.54) is 16.8 Å². The van der Waals surface area contributed by atoms with Gasteiger partial charge in [0.1, 0.15) is 5.82 Å². The molecule has 3 aromatic rings. The largest absolute Gasteiger partial charge is 0.349 e. The van der Waals surface area contributed by atoms with Crippen LogP contribution in [0.4, 0.5) is 4.39 Å². The van der Waals surface area contributed by atoms with Gasteiger partial charge in [0, 0.05) is 10.6 Å². The average Bonchev–Trinajstić information content (AvgIpc) is 3.01. The Morgan fingerprint density at radius 1 is 1.30 bits per heavy atom. The van der Waals surface area contributed by atoms with Crippen LogP contribution in [-0.4, -0.2) is 26.5 Å². The van der Waals surface area contributed by atoms with Crippen LogP contribution < -0.4 is 11.2 Å². The molecule has 27 heavy (non-hydrogen) atoms. The number of carbonyl (C=O) groups is 1. The van der Waals surface area contributed by atoms with Crippen LogP contribution >= 0.6 is 23.4 Å². The lowest BCUT2D eigenvalue weighted by atomic mass is 10.1. The average molecular weight is 406 g/mol. The Morgan fingerprint density at radius 2 is 2.04 bits per heavy atom. The lowest BCUT2D eigenvalue weighted by Gasteiger charge is -2.14. The van der Waals surface area contributed by atoms with Crippen LogP contribution in [0.15, 0.2) is 53.7 Å². The summed E-state index contributed by atoms with van der Waals surface area (Å²) >= 11 is 7.02. The smallest absolute Gasteiger partial charge is 0.230 e. The minimum Gasteiger partial charge on any atom is -0.349 e. The van der Waals surface area contributed by atoms with Gasteiger partial charge in [-0.2, -0.15) is 0 Å². The van der Waals surface area contributed by atoms with Gasteiger partial charge in [-0.1, -0.05) is 47.6 Å². The van der Waals surface area contributed by atoms with Crippen molar-refractivity contribution in [3.63, 3.8) is 0 Å². The molecule has 3 rings (SSSR count). The number of carbonyl (C=O) groups excluding carboxylic acids is 1. The molecule has 0 fully saturated rings. The molecular weight excluding hydrogens is 389 g/mol. The Bertz CT molecular complexity index is 947. The van der Waals surface area contributed by atoms with Crippen molar-refractivity contribution in [3.8, 4) is 11.4 Å². The third-order valence-electron chi connectivity index (χ3n) is 3.83. The van der Waals surface area contributed by atoms with Crippen molar-refractivity contribution in [2.24, 2.45) is 0 Å². The summed E-state index contributed by atoms with van der Waals surface area (Å²) in [5, 5.41) is 11.9. The molecule has 1 aromatic heterocycles. The molecule has 0 aliphatic carbocycles. The Labute approximate surface area is 164 Å². The van der Waals surface area contributed by atoms with Crippen LogP contribution in [0.2, 0.25) is 5.02 Å². The van der Waals surface area contributed by atoms with E-state index in [2.05, 4.69) is 15.5 Å². The van der Waals surface area contributed by atoms with Gasteiger partial charge in [0.25, 0.3) is 0 Å². The number of nitrogens with one attached hydrogen (secondary N) is 1. The minimum absolute atomic E-state index is 0.121. The fraction of sp³-hybridized carbons (Fsp3) is 0.167. The fourth-order valence-corrected chi connectivity index (χ4v) is 3.24. The van der Waals surface area contributed by atoms with E-state index in [9.17, 15) is 9.18 Å². The number of hydrogen-bond acceptors (Lipinski definition) is 5. The van der Waals surface area contributed by atoms with Crippen LogP contribution in [0.25, 0.3) is 11.4 Å². The maximum atomic E-state index is 13.4. The van der Waals surface area contributed by atoms with Crippen LogP contribution in [0, 0.1) is 5.82 Å². The van der Waals surface area contributed by atoms with E-state index < -0.39 is 0 Å². The van der Waals surface area contributed by atoms with Crippen molar-refractivity contribution in [2.75, 3.05) is 11.6 Å². The molecule has 6 nitrogen and oxygen atoms in total. The van der Waals surface area contributed by atoms with E-state index in [4.69, 9.17) is 17.4 Å². The van der Waals surface area contributed by atoms with Crippen molar-refractivity contribution < 1.29 is 9.18 Å². The molecule has 1 amide bonds. The van der Waals surface area contributed by atoms with Gasteiger partial charge in [0.2, 0.25) is 11.1 Å². The van der Waals surface area contributed by atoms with Gasteiger partial charge >= 0.3 is 0 Å². The number of amides is 1. The van der Waals surface area contributed by atoms with Crippen molar-refractivity contribution in [1.82, 2.24) is 20.2 Å². The second-order valence-electron chi connectivity index (χ2n) is 5.82. The van der Waals surface area contributed by atoms with Gasteiger partial charge in [-0.25, -0.2) is 9.07 Å². The Hall–Kier alpha value is -2.58. The predicted octanol–water partition coefficient (Wildman–Crippen LogP) is 3.42. The number of aromatic nitrogens is 3. The first-order chi connectivity index (χ1) is 12.9. The first-order valence-corrected chi connectivity index (χ1v) is 9.44. The van der Waals surface area contributed by atoms with E-state index in [0.29, 0.717) is 21.6 Å². The van der Waals surface area contributed by atoms with Crippen LogP contribution in [-0.2, 0) is 4.79 Å². The summed E-state index contributed by atoms with van der Waals surface area (Å²) in [6.45, 7) is 1.89. The van der Waals surface area contributed by atoms with E-state index in [1.54, 1.807) is 24.3 Å². The summed E-state index contributed by atoms with van der Waals surface area (Å²) < 4.78 is 14.6. The number of benzene rings is 2. The molecule has 1 atom stereocenters. The van der Waals surface area contributed by atoms with Crippen LogP contribution in [0.3, 0.4) is 0 Å². The molecular formula is C18H17ClFN5OS. The number of thioether (sulfide) groups is 1. The molecule has 0 spiro atoms. The first kappa shape index (κ1) is 19.2. The number of nitrogens with zero attached hydrogens (tertiary/aromatic N) is 3. The Morgan fingerprint density at radius 3 is 2.74 bits per heavy atom. The summed E-state index contributed by atoms with van der Waals surface area (Å²) in [7, 11) is 0. The third kappa shape index (κ3) is 4.78. The number of hydrogen-bond donors (Lipinski definition) is 2. The SMILES string of the molecule is C[C@@H](NC(=O)CSc1nnc(-c2cccc(F)c2)n1N)c1ccc(Cl)cc1. The molecule has 9 heteroatoms. The summed E-state index contributed by atoms with van der Waals surface area (Å²) in [5.74, 6) is 5.87. The quantitative estimate of drug-likeness (QED) is 0.484. The topological polar surface area (TPSA) is 85.8 Å². The summed E-state index contributed by atoms with van der Waals surface area (Å²) in [6.07, 6.45) is 0. The highest BCUT2D eigenvalue weighted by Gasteiger charge is 2.15. The maximum absolute atomic E-state index is 13.4. The molecule has 0 bridgehead atoms. The maximum Gasteiger partial charge on any atom is 0.230 e. The van der Waals surface area contributed by atoms with E-state index in [-0.39, 0.29) is 23.5 Å². The molecule has 140 valence electrons. The second kappa shape index (κ2) is 8.41. The standard InChI is InChI=1S/C18H17ClFN5OS/c1-11(12-5-7-14(19)8-6-12)22-16(26)10-27-18-24-23-17(25(18)21)13-3-2-4-15(20)9-13/h2-9,11H,10,21H2,1H3,(H,22,26)/t11-/m1/s1. The zero-order chi connectivity index (χ0) is 19.4. The number of nitrogens with two attached hydrogens (primary N) is 1. The molecule has 2 aromatic carbocycles. The van der Waals surface area contributed by atoms with Crippen molar-refractivity contribution >= 4 is 29.3 Å². The van der Waals surface area contributed by atoms with E-state index >= 15 is 0 Å². The van der Waals surface area contributed by atoms with Gasteiger partial charge < -0.3 is 11.2 Å². The zero-order valence-electron chi connectivity index (χ0n) is 14.4. The predicted molar refractivity (Wildman–Crippen MR) is 104 cm³/mol. The van der Waals surface area contributed by atoms with Crippen LogP contribution in [0.1, 0.15) is 18.5 Å². The third-order valence-corrected chi connectivity index (χ3v) is 5.02. The van der Waals surface area contributed by atoms with E-state index in [0.717, 1.165) is 17.3 Å². The summed E-state index contributed by atoms with van der Waals surface area (Å²) in [6, 6.07) is 13.0. The minimum atomic E-state index is -0.389. The van der Waals surface area contributed by atoms with Crippen molar-refractivity contribution in [2.45, 2.75) is 18.1 Å². The number of halogens is 2. The van der Waals surface area contributed by atoms with Crippen LogP contribution in [0.5, 0.6) is 0 Å². The molecule has 0 saturated carbocycles. The van der Waals surface area contributed by atoms with Crippen molar-refractivity contribution in [3.05, 3.63) is 64.9 Å². The lowest BCUT2D eigenvalue weighted by Crippen LogP contribution is -2.28. The zero-order valence-corrected chi connectivity index (χ0v) is 16.0. The number of rotatable bonds is 6. The van der Waals surface area contributed by atoms with Gasteiger partial charge in [0.05, 0.1) is 11.8 Å². The van der Waals surface area contributed by atoms with Gasteiger partial charge in [-0.15, -0.1) is 10.2 Å². The molecule has 0 radical (unpaired) electrons. The monoisotopic (exact) mass is 405 g/mol.